The van der Waals surface area contributed by atoms with E-state index in [0.717, 1.165) is 18.6 Å². The van der Waals surface area contributed by atoms with Crippen LogP contribution in [0.15, 0.2) is 24.3 Å². The maximum Gasteiger partial charge on any atom is 0.184 e. The third-order valence-corrected chi connectivity index (χ3v) is 3.32. The number of rotatable bonds is 1. The van der Waals surface area contributed by atoms with Crippen LogP contribution in [0.5, 0.6) is 0 Å². The summed E-state index contributed by atoms with van der Waals surface area (Å²) in [6.45, 7) is 1.43. The smallest absolute Gasteiger partial charge is 0.184 e. The Balaban J connectivity index is 2.08. The summed E-state index contributed by atoms with van der Waals surface area (Å²) in [5.74, 6) is 0.335. The number of hydrogen-bond acceptors (Lipinski definition) is 3. The summed E-state index contributed by atoms with van der Waals surface area (Å²) in [5.41, 5.74) is 8.30. The minimum atomic E-state index is -0.164. The molecule has 0 spiro atoms. The van der Waals surface area contributed by atoms with E-state index < -0.39 is 0 Å². The molecule has 3 atom stereocenters. The molecule has 3 nitrogen and oxygen atoms in total. The zero-order chi connectivity index (χ0) is 10.3. The lowest BCUT2D eigenvalue weighted by atomic mass is 9.85. The average Bonchev–Trinajstić information content (AvgIpc) is 2.30. The van der Waals surface area contributed by atoms with Crippen molar-refractivity contribution in [3.05, 3.63) is 35.4 Å². The van der Waals surface area contributed by atoms with E-state index in [1.807, 2.05) is 6.07 Å². The quantitative estimate of drug-likeness (QED) is 0.756. The molecule has 2 heterocycles. The number of ether oxygens (including phenoxy) is 2. The molecule has 80 valence electrons. The van der Waals surface area contributed by atoms with Crippen molar-refractivity contribution in [2.24, 2.45) is 5.73 Å². The van der Waals surface area contributed by atoms with Gasteiger partial charge >= 0.3 is 0 Å². The first-order valence-electron chi connectivity index (χ1n) is 5.46. The molecule has 2 unspecified atom stereocenters. The van der Waals surface area contributed by atoms with Gasteiger partial charge in [0.15, 0.2) is 6.29 Å². The SMILES string of the molecule is NC[C@@H]1c2ccccc2C2OCCC1O2. The van der Waals surface area contributed by atoms with E-state index in [9.17, 15) is 0 Å². The van der Waals surface area contributed by atoms with E-state index in [0.29, 0.717) is 12.5 Å². The third-order valence-electron chi connectivity index (χ3n) is 3.32. The molecule has 15 heavy (non-hydrogen) atoms. The van der Waals surface area contributed by atoms with Crippen LogP contribution in [0.25, 0.3) is 0 Å². The highest BCUT2D eigenvalue weighted by atomic mass is 16.7. The van der Waals surface area contributed by atoms with Gasteiger partial charge in [-0.15, -0.1) is 0 Å². The van der Waals surface area contributed by atoms with E-state index >= 15 is 0 Å². The van der Waals surface area contributed by atoms with Crippen molar-refractivity contribution in [2.45, 2.75) is 24.7 Å². The maximum atomic E-state index is 5.85. The van der Waals surface area contributed by atoms with Crippen LogP contribution in [0.3, 0.4) is 0 Å². The minimum Gasteiger partial charge on any atom is -0.348 e. The van der Waals surface area contributed by atoms with Gasteiger partial charge in [0.2, 0.25) is 0 Å². The lowest BCUT2D eigenvalue weighted by Gasteiger charge is -2.41. The zero-order valence-corrected chi connectivity index (χ0v) is 8.56. The van der Waals surface area contributed by atoms with Gasteiger partial charge in [0.05, 0.1) is 12.7 Å². The Morgan fingerprint density at radius 1 is 1.27 bits per heavy atom. The fourth-order valence-electron chi connectivity index (χ4n) is 2.56. The Hall–Kier alpha value is -0.900. The number of benzene rings is 1. The fourth-order valence-corrected chi connectivity index (χ4v) is 2.56. The van der Waals surface area contributed by atoms with Crippen molar-refractivity contribution >= 4 is 0 Å². The summed E-state index contributed by atoms with van der Waals surface area (Å²) in [6, 6.07) is 8.30. The van der Waals surface area contributed by atoms with Gasteiger partial charge in [0.25, 0.3) is 0 Å². The molecule has 2 aliphatic rings. The molecule has 2 bridgehead atoms. The predicted octanol–water partition coefficient (Wildman–Crippen LogP) is 1.55. The maximum absolute atomic E-state index is 5.85. The Morgan fingerprint density at radius 2 is 2.07 bits per heavy atom. The van der Waals surface area contributed by atoms with Gasteiger partial charge < -0.3 is 15.2 Å². The van der Waals surface area contributed by atoms with Crippen LogP contribution in [-0.2, 0) is 9.47 Å². The molecule has 0 amide bonds. The molecule has 1 saturated heterocycles. The largest absolute Gasteiger partial charge is 0.348 e. The first kappa shape index (κ1) is 9.33. The summed E-state index contributed by atoms with van der Waals surface area (Å²) < 4.78 is 11.5. The van der Waals surface area contributed by atoms with Crippen LogP contribution in [-0.4, -0.2) is 19.3 Å². The van der Waals surface area contributed by atoms with E-state index in [4.69, 9.17) is 15.2 Å². The molecule has 1 fully saturated rings. The van der Waals surface area contributed by atoms with Gasteiger partial charge in [-0.1, -0.05) is 24.3 Å². The molecule has 2 N–H and O–H groups in total. The normalized spacial score (nSPS) is 33.5. The summed E-state index contributed by atoms with van der Waals surface area (Å²) in [7, 11) is 0. The lowest BCUT2D eigenvalue weighted by molar-refractivity contribution is -0.230. The zero-order valence-electron chi connectivity index (χ0n) is 8.56. The van der Waals surface area contributed by atoms with Crippen molar-refractivity contribution < 1.29 is 9.47 Å². The molecule has 3 heteroatoms. The van der Waals surface area contributed by atoms with Crippen LogP contribution in [0, 0.1) is 0 Å². The highest BCUT2D eigenvalue weighted by Crippen LogP contribution is 2.41. The summed E-state index contributed by atoms with van der Waals surface area (Å²) in [6.07, 6.45) is 1.03. The van der Waals surface area contributed by atoms with Crippen LogP contribution in [0.1, 0.15) is 29.8 Å². The molecular weight excluding hydrogens is 190 g/mol. The molecule has 0 aliphatic carbocycles. The van der Waals surface area contributed by atoms with Crippen molar-refractivity contribution in [2.75, 3.05) is 13.2 Å². The van der Waals surface area contributed by atoms with Gasteiger partial charge in [-0.05, 0) is 12.0 Å². The molecule has 0 aromatic heterocycles. The van der Waals surface area contributed by atoms with Crippen molar-refractivity contribution in [1.29, 1.82) is 0 Å². The molecular formula is C12H15NO2. The molecule has 0 saturated carbocycles. The first-order valence-corrected chi connectivity index (χ1v) is 5.46. The van der Waals surface area contributed by atoms with E-state index in [1.165, 1.54) is 5.56 Å². The first-order chi connectivity index (χ1) is 7.40. The Kier molecular flexibility index (Phi) is 2.24. The lowest BCUT2D eigenvalue weighted by Crippen LogP contribution is -2.40. The minimum absolute atomic E-state index is 0.164. The molecule has 1 aromatic carbocycles. The van der Waals surface area contributed by atoms with Crippen molar-refractivity contribution in [3.8, 4) is 0 Å². The van der Waals surface area contributed by atoms with Gasteiger partial charge in [-0.3, -0.25) is 0 Å². The second kappa shape index (κ2) is 3.59. The fraction of sp³-hybridized carbons (Fsp3) is 0.500. The van der Waals surface area contributed by atoms with Gasteiger partial charge in [-0.2, -0.15) is 0 Å². The second-order valence-corrected chi connectivity index (χ2v) is 4.14. The highest BCUT2D eigenvalue weighted by Gasteiger charge is 2.37. The van der Waals surface area contributed by atoms with Crippen molar-refractivity contribution in [1.82, 2.24) is 0 Å². The van der Waals surface area contributed by atoms with Crippen LogP contribution in [0.2, 0.25) is 0 Å². The third kappa shape index (κ3) is 1.39. The molecule has 1 aromatic rings. The van der Waals surface area contributed by atoms with Gasteiger partial charge in [-0.25, -0.2) is 0 Å². The highest BCUT2D eigenvalue weighted by molar-refractivity contribution is 5.35. The van der Waals surface area contributed by atoms with Gasteiger partial charge in [0.1, 0.15) is 0 Å². The number of fused-ring (bicyclic) bond motifs is 4. The summed E-state index contributed by atoms with van der Waals surface area (Å²) >= 11 is 0. The standard InChI is InChI=1S/C12H15NO2/c13-7-10-8-3-1-2-4-9(8)12-14-6-5-11(10)15-12/h1-4,10-12H,5-7,13H2/t10-,11?,12?/m1/s1. The summed E-state index contributed by atoms with van der Waals surface area (Å²) in [4.78, 5) is 0. The summed E-state index contributed by atoms with van der Waals surface area (Å²) in [5, 5.41) is 0. The van der Waals surface area contributed by atoms with Gasteiger partial charge in [0, 0.05) is 18.0 Å². The van der Waals surface area contributed by atoms with E-state index in [-0.39, 0.29) is 12.4 Å². The molecule has 3 rings (SSSR count). The Bertz CT molecular complexity index is 366. The second-order valence-electron chi connectivity index (χ2n) is 4.14. The average molecular weight is 205 g/mol. The number of nitrogens with two attached hydrogens (primary N) is 1. The number of hydrogen-bond donors (Lipinski definition) is 1. The molecule has 0 radical (unpaired) electrons. The Morgan fingerprint density at radius 3 is 2.87 bits per heavy atom. The van der Waals surface area contributed by atoms with Crippen molar-refractivity contribution in [3.63, 3.8) is 0 Å². The van der Waals surface area contributed by atoms with Crippen LogP contribution in [0.4, 0.5) is 0 Å². The van der Waals surface area contributed by atoms with E-state index in [2.05, 4.69) is 18.2 Å². The topological polar surface area (TPSA) is 44.5 Å². The monoisotopic (exact) mass is 205 g/mol. The predicted molar refractivity (Wildman–Crippen MR) is 56.4 cm³/mol. The van der Waals surface area contributed by atoms with Crippen LogP contribution >= 0.6 is 0 Å². The molecule has 2 aliphatic heterocycles. The van der Waals surface area contributed by atoms with Crippen LogP contribution < -0.4 is 5.73 Å². The Labute approximate surface area is 89.2 Å². The van der Waals surface area contributed by atoms with E-state index in [1.54, 1.807) is 0 Å².